The van der Waals surface area contributed by atoms with E-state index in [4.69, 9.17) is 4.42 Å². The minimum Gasteiger partial charge on any atom is -0.460 e. The highest BCUT2D eigenvalue weighted by Crippen LogP contribution is 2.24. The highest BCUT2D eigenvalue weighted by Gasteiger charge is 2.10. The number of nitrogens with one attached hydrogen (secondary N) is 1. The second-order valence-electron chi connectivity index (χ2n) is 4.84. The quantitative estimate of drug-likeness (QED) is 0.576. The third-order valence-corrected chi connectivity index (χ3v) is 4.21. The largest absolute Gasteiger partial charge is 0.460 e. The lowest BCUT2D eigenvalue weighted by Gasteiger charge is -1.97. The number of furan rings is 1. The van der Waals surface area contributed by atoms with Gasteiger partial charge in [-0.2, -0.15) is 5.10 Å². The van der Waals surface area contributed by atoms with Crippen LogP contribution in [-0.4, -0.2) is 12.1 Å². The van der Waals surface area contributed by atoms with Crippen molar-refractivity contribution in [1.82, 2.24) is 5.43 Å². The number of thiophene rings is 1. The van der Waals surface area contributed by atoms with Crippen molar-refractivity contribution in [2.24, 2.45) is 5.10 Å². The Hall–Kier alpha value is -2.40. The molecular weight excluding hydrogens is 296 g/mol. The van der Waals surface area contributed by atoms with Gasteiger partial charge in [0.1, 0.15) is 11.3 Å². The maximum absolute atomic E-state index is 11.8. The van der Waals surface area contributed by atoms with Crippen molar-refractivity contribution in [1.29, 1.82) is 0 Å². The number of amides is 1. The average Bonchev–Trinajstić information content (AvgIpc) is 3.15. The van der Waals surface area contributed by atoms with E-state index in [1.54, 1.807) is 17.6 Å². The molecule has 3 rings (SSSR count). The van der Waals surface area contributed by atoms with Gasteiger partial charge in [0.15, 0.2) is 0 Å². The molecule has 0 saturated heterocycles. The molecular formula is C17H16N2O2S. The highest BCUT2D eigenvalue weighted by molar-refractivity contribution is 7.10. The minimum atomic E-state index is -0.121. The number of para-hydroxylation sites is 1. The Morgan fingerprint density at radius 2 is 2.18 bits per heavy atom. The van der Waals surface area contributed by atoms with Crippen molar-refractivity contribution >= 4 is 34.4 Å². The lowest BCUT2D eigenvalue weighted by Crippen LogP contribution is -2.19. The Bertz CT molecular complexity index is 803. The molecule has 2 heterocycles. The molecule has 0 aliphatic rings. The van der Waals surface area contributed by atoms with Gasteiger partial charge in [-0.15, -0.1) is 11.3 Å². The fraction of sp³-hybridized carbons (Fsp3) is 0.176. The molecule has 0 atom stereocenters. The molecule has 3 aromatic rings. The Labute approximate surface area is 132 Å². The van der Waals surface area contributed by atoms with E-state index in [9.17, 15) is 4.79 Å². The Kier molecular flexibility index (Phi) is 4.34. The van der Waals surface area contributed by atoms with Crippen LogP contribution in [0.25, 0.3) is 11.0 Å². The second-order valence-corrected chi connectivity index (χ2v) is 5.87. The molecule has 1 N–H and O–H groups in total. The van der Waals surface area contributed by atoms with Crippen molar-refractivity contribution < 1.29 is 9.21 Å². The fourth-order valence-electron chi connectivity index (χ4n) is 2.30. The summed E-state index contributed by atoms with van der Waals surface area (Å²) in [5, 5.41) is 7.04. The van der Waals surface area contributed by atoms with Crippen LogP contribution in [0.4, 0.5) is 0 Å². The zero-order valence-corrected chi connectivity index (χ0v) is 13.0. The number of rotatable bonds is 5. The predicted octanol–water partition coefficient (Wildman–Crippen LogP) is 3.75. The van der Waals surface area contributed by atoms with Gasteiger partial charge in [0.2, 0.25) is 5.91 Å². The van der Waals surface area contributed by atoms with Crippen LogP contribution in [0.1, 0.15) is 23.1 Å². The summed E-state index contributed by atoms with van der Waals surface area (Å²) in [6.45, 7) is 2.03. The van der Waals surface area contributed by atoms with Crippen LogP contribution >= 0.6 is 11.3 Å². The first-order chi connectivity index (χ1) is 10.8. The molecule has 0 bridgehead atoms. The number of hydrogen-bond donors (Lipinski definition) is 1. The predicted molar refractivity (Wildman–Crippen MR) is 89.4 cm³/mol. The fourth-order valence-corrected chi connectivity index (χ4v) is 3.00. The summed E-state index contributed by atoms with van der Waals surface area (Å²) >= 11 is 1.56. The maximum atomic E-state index is 11.8. The number of hydrogen-bond acceptors (Lipinski definition) is 4. The summed E-state index contributed by atoms with van der Waals surface area (Å²) in [7, 11) is 0. The average molecular weight is 312 g/mol. The van der Waals surface area contributed by atoms with E-state index in [0.717, 1.165) is 33.6 Å². The third-order valence-electron chi connectivity index (χ3n) is 3.33. The van der Waals surface area contributed by atoms with Crippen molar-refractivity contribution in [3.8, 4) is 0 Å². The first-order valence-corrected chi connectivity index (χ1v) is 8.00. The number of nitrogens with zero attached hydrogens (tertiary/aromatic N) is 1. The summed E-state index contributed by atoms with van der Waals surface area (Å²) in [6.07, 6.45) is 2.79. The van der Waals surface area contributed by atoms with Crippen LogP contribution in [0.5, 0.6) is 0 Å². The summed E-state index contributed by atoms with van der Waals surface area (Å²) in [5.41, 5.74) is 4.33. The van der Waals surface area contributed by atoms with Crippen LogP contribution < -0.4 is 5.43 Å². The molecule has 4 nitrogen and oxygen atoms in total. The zero-order chi connectivity index (χ0) is 15.4. The topological polar surface area (TPSA) is 54.6 Å². The van der Waals surface area contributed by atoms with Crippen molar-refractivity contribution in [3.05, 3.63) is 58.0 Å². The van der Waals surface area contributed by atoms with Crippen LogP contribution in [-0.2, 0) is 17.6 Å². The van der Waals surface area contributed by atoms with E-state index in [1.165, 1.54) is 0 Å². The number of benzene rings is 1. The number of carbonyl (C=O) groups is 1. The first kappa shape index (κ1) is 14.5. The van der Waals surface area contributed by atoms with Crippen LogP contribution in [0.2, 0.25) is 0 Å². The Morgan fingerprint density at radius 3 is 2.95 bits per heavy atom. The lowest BCUT2D eigenvalue weighted by molar-refractivity contribution is -0.120. The van der Waals surface area contributed by atoms with E-state index in [0.29, 0.717) is 6.42 Å². The van der Waals surface area contributed by atoms with E-state index < -0.39 is 0 Å². The maximum Gasteiger partial charge on any atom is 0.245 e. The molecule has 0 saturated carbocycles. The zero-order valence-electron chi connectivity index (χ0n) is 12.2. The first-order valence-electron chi connectivity index (χ1n) is 7.12. The SMILES string of the molecule is CCc1oc2ccccc2c1/C=N\NC(=O)Cc1cccs1. The van der Waals surface area contributed by atoms with Crippen LogP contribution in [0.3, 0.4) is 0 Å². The summed E-state index contributed by atoms with van der Waals surface area (Å²) < 4.78 is 5.79. The molecule has 0 radical (unpaired) electrons. The van der Waals surface area contributed by atoms with Crippen LogP contribution in [0, 0.1) is 0 Å². The Morgan fingerprint density at radius 1 is 1.32 bits per heavy atom. The highest BCUT2D eigenvalue weighted by atomic mass is 32.1. The number of aryl methyl sites for hydroxylation is 1. The monoisotopic (exact) mass is 312 g/mol. The van der Waals surface area contributed by atoms with Gasteiger partial charge in [-0.05, 0) is 17.5 Å². The van der Waals surface area contributed by atoms with E-state index in [2.05, 4.69) is 10.5 Å². The molecule has 1 aromatic carbocycles. The molecule has 0 spiro atoms. The molecule has 5 heteroatoms. The minimum absolute atomic E-state index is 0.121. The van der Waals surface area contributed by atoms with Crippen molar-refractivity contribution in [2.75, 3.05) is 0 Å². The van der Waals surface area contributed by atoms with Crippen LogP contribution in [0.15, 0.2) is 51.3 Å². The molecule has 2 aromatic heterocycles. The molecule has 22 heavy (non-hydrogen) atoms. The molecule has 1 amide bonds. The van der Waals surface area contributed by atoms with Gasteiger partial charge in [0.05, 0.1) is 12.6 Å². The molecule has 0 aliphatic heterocycles. The second kappa shape index (κ2) is 6.58. The molecule has 0 unspecified atom stereocenters. The van der Waals surface area contributed by atoms with Gasteiger partial charge in [0.25, 0.3) is 0 Å². The van der Waals surface area contributed by atoms with E-state index >= 15 is 0 Å². The van der Waals surface area contributed by atoms with Gasteiger partial charge < -0.3 is 4.42 Å². The number of carbonyl (C=O) groups excluding carboxylic acids is 1. The van der Waals surface area contributed by atoms with Crippen molar-refractivity contribution in [2.45, 2.75) is 19.8 Å². The summed E-state index contributed by atoms with van der Waals surface area (Å²) in [6, 6.07) is 11.7. The Balaban J connectivity index is 1.73. The van der Waals surface area contributed by atoms with Gasteiger partial charge in [-0.3, -0.25) is 4.79 Å². The smallest absolute Gasteiger partial charge is 0.245 e. The normalized spacial score (nSPS) is 11.3. The summed E-state index contributed by atoms with van der Waals surface area (Å²) in [5.74, 6) is 0.752. The van der Waals surface area contributed by atoms with E-state index in [1.807, 2.05) is 48.7 Å². The van der Waals surface area contributed by atoms with Gasteiger partial charge >= 0.3 is 0 Å². The van der Waals surface area contributed by atoms with Gasteiger partial charge in [-0.1, -0.05) is 31.2 Å². The molecule has 0 aliphatic carbocycles. The number of hydrazone groups is 1. The lowest BCUT2D eigenvalue weighted by atomic mass is 10.1. The van der Waals surface area contributed by atoms with Gasteiger partial charge in [-0.25, -0.2) is 5.43 Å². The van der Waals surface area contributed by atoms with Crippen molar-refractivity contribution in [3.63, 3.8) is 0 Å². The third kappa shape index (κ3) is 3.09. The summed E-state index contributed by atoms with van der Waals surface area (Å²) in [4.78, 5) is 12.8. The molecule has 112 valence electrons. The molecule has 0 fully saturated rings. The number of fused-ring (bicyclic) bond motifs is 1. The standard InChI is InChI=1S/C17H16N2O2S/c1-2-15-14(13-7-3-4-8-16(13)21-15)11-18-19-17(20)10-12-6-5-9-22-12/h3-9,11H,2,10H2,1H3,(H,19,20)/b18-11-. The van der Waals surface area contributed by atoms with Gasteiger partial charge in [0, 0.05) is 22.2 Å². The van der Waals surface area contributed by atoms with E-state index in [-0.39, 0.29) is 5.91 Å².